The minimum absolute atomic E-state index is 0.00638. The van der Waals surface area contributed by atoms with Gasteiger partial charge in [0.05, 0.1) is 5.41 Å². The van der Waals surface area contributed by atoms with Gasteiger partial charge in [-0.15, -0.1) is 6.58 Å². The zero-order valence-electron chi connectivity index (χ0n) is 11.3. The van der Waals surface area contributed by atoms with Crippen molar-refractivity contribution in [1.29, 1.82) is 0 Å². The van der Waals surface area contributed by atoms with Gasteiger partial charge in [0, 0.05) is 26.2 Å². The Hall–Kier alpha value is -1.52. The molecule has 0 aromatic heterocycles. The Labute approximate surface area is 113 Å². The minimum atomic E-state index is -0.838. The summed E-state index contributed by atoms with van der Waals surface area (Å²) in [7, 11) is 0. The van der Waals surface area contributed by atoms with Crippen LogP contribution in [0.2, 0.25) is 0 Å². The Morgan fingerprint density at radius 2 is 1.79 bits per heavy atom. The Balaban J connectivity index is 2.08. The summed E-state index contributed by atoms with van der Waals surface area (Å²) < 4.78 is 0. The molecule has 1 N–H and O–H groups in total. The highest BCUT2D eigenvalue weighted by Gasteiger charge is 2.43. The van der Waals surface area contributed by atoms with Crippen LogP contribution in [0.4, 0.5) is 4.79 Å². The standard InChI is InChI=1S/C14H22N2O3/c1-2-6-14(12(17)18)7-5-10-16(11-14)13(19)15-8-3-4-9-15/h2H,1,3-11H2,(H,17,18)/t14-/m0/s1. The third kappa shape index (κ3) is 2.74. The van der Waals surface area contributed by atoms with Crippen LogP contribution in [0.25, 0.3) is 0 Å². The number of carbonyl (C=O) groups is 2. The highest BCUT2D eigenvalue weighted by molar-refractivity contribution is 5.79. The van der Waals surface area contributed by atoms with Crippen molar-refractivity contribution in [3.8, 4) is 0 Å². The first-order valence-electron chi connectivity index (χ1n) is 6.97. The lowest BCUT2D eigenvalue weighted by Gasteiger charge is -2.40. The molecule has 2 aliphatic rings. The largest absolute Gasteiger partial charge is 0.481 e. The van der Waals surface area contributed by atoms with Gasteiger partial charge in [0.25, 0.3) is 0 Å². The normalized spacial score (nSPS) is 27.4. The molecule has 2 rings (SSSR count). The van der Waals surface area contributed by atoms with Crippen LogP contribution in [-0.4, -0.2) is 53.1 Å². The highest BCUT2D eigenvalue weighted by atomic mass is 16.4. The van der Waals surface area contributed by atoms with E-state index in [1.165, 1.54) is 0 Å². The van der Waals surface area contributed by atoms with Gasteiger partial charge in [-0.25, -0.2) is 4.79 Å². The van der Waals surface area contributed by atoms with E-state index in [-0.39, 0.29) is 6.03 Å². The molecular formula is C14H22N2O3. The van der Waals surface area contributed by atoms with Crippen LogP contribution in [0, 0.1) is 5.41 Å². The summed E-state index contributed by atoms with van der Waals surface area (Å²) >= 11 is 0. The third-order valence-electron chi connectivity index (χ3n) is 4.21. The number of aliphatic carboxylic acids is 1. The van der Waals surface area contributed by atoms with Crippen molar-refractivity contribution in [2.75, 3.05) is 26.2 Å². The van der Waals surface area contributed by atoms with Gasteiger partial charge in [-0.2, -0.15) is 0 Å². The quantitative estimate of drug-likeness (QED) is 0.794. The topological polar surface area (TPSA) is 60.9 Å². The van der Waals surface area contributed by atoms with Crippen LogP contribution in [-0.2, 0) is 4.79 Å². The van der Waals surface area contributed by atoms with Crippen molar-refractivity contribution in [1.82, 2.24) is 9.80 Å². The number of rotatable bonds is 3. The highest BCUT2D eigenvalue weighted by Crippen LogP contribution is 2.34. The molecule has 0 aromatic rings. The number of nitrogens with zero attached hydrogens (tertiary/aromatic N) is 2. The molecular weight excluding hydrogens is 244 g/mol. The number of piperidine rings is 1. The van der Waals surface area contributed by atoms with E-state index in [0.717, 1.165) is 32.4 Å². The molecule has 2 aliphatic heterocycles. The number of likely N-dealkylation sites (tertiary alicyclic amines) is 2. The van der Waals surface area contributed by atoms with Gasteiger partial charge >= 0.3 is 12.0 Å². The van der Waals surface area contributed by atoms with Gasteiger partial charge in [-0.3, -0.25) is 4.79 Å². The summed E-state index contributed by atoms with van der Waals surface area (Å²) in [6.07, 6.45) is 5.55. The SMILES string of the molecule is C=CC[C@]1(C(=O)O)CCCN(C(=O)N2CCCC2)C1. The monoisotopic (exact) mass is 266 g/mol. The van der Waals surface area contributed by atoms with E-state index in [1.807, 2.05) is 4.90 Å². The number of hydrogen-bond donors (Lipinski definition) is 1. The molecule has 0 saturated carbocycles. The molecule has 2 fully saturated rings. The Bertz CT molecular complexity index is 377. The number of amides is 2. The summed E-state index contributed by atoms with van der Waals surface area (Å²) in [4.78, 5) is 27.5. The number of carboxylic acids is 1. The number of carboxylic acid groups (broad SMARTS) is 1. The van der Waals surface area contributed by atoms with E-state index in [0.29, 0.717) is 25.9 Å². The average molecular weight is 266 g/mol. The Morgan fingerprint density at radius 3 is 2.37 bits per heavy atom. The molecule has 19 heavy (non-hydrogen) atoms. The maximum Gasteiger partial charge on any atom is 0.320 e. The van der Waals surface area contributed by atoms with Crippen molar-refractivity contribution in [3.63, 3.8) is 0 Å². The lowest BCUT2D eigenvalue weighted by atomic mass is 9.77. The van der Waals surface area contributed by atoms with Crippen LogP contribution in [0.3, 0.4) is 0 Å². The smallest absolute Gasteiger partial charge is 0.320 e. The van der Waals surface area contributed by atoms with Gasteiger partial charge in [0.2, 0.25) is 0 Å². The number of hydrogen-bond acceptors (Lipinski definition) is 2. The molecule has 0 aromatic carbocycles. The zero-order valence-corrected chi connectivity index (χ0v) is 11.3. The Kier molecular flexibility index (Phi) is 4.12. The summed E-state index contributed by atoms with van der Waals surface area (Å²) in [5.41, 5.74) is -0.838. The molecule has 0 aliphatic carbocycles. The molecule has 0 radical (unpaired) electrons. The summed E-state index contributed by atoms with van der Waals surface area (Å²) in [6, 6.07) is 0.00638. The molecule has 106 valence electrons. The minimum Gasteiger partial charge on any atom is -0.481 e. The van der Waals surface area contributed by atoms with E-state index >= 15 is 0 Å². The van der Waals surface area contributed by atoms with Crippen LogP contribution in [0.15, 0.2) is 12.7 Å². The van der Waals surface area contributed by atoms with Gasteiger partial charge in [0.1, 0.15) is 0 Å². The van der Waals surface area contributed by atoms with Gasteiger partial charge < -0.3 is 14.9 Å². The first-order valence-corrected chi connectivity index (χ1v) is 6.97. The summed E-state index contributed by atoms with van der Waals surface area (Å²) in [6.45, 7) is 6.23. The molecule has 2 amide bonds. The summed E-state index contributed by atoms with van der Waals surface area (Å²) in [5, 5.41) is 9.49. The fraction of sp³-hybridized carbons (Fsp3) is 0.714. The second-order valence-electron chi connectivity index (χ2n) is 5.58. The first kappa shape index (κ1) is 13.9. The van der Waals surface area contributed by atoms with Crippen LogP contribution in [0.5, 0.6) is 0 Å². The van der Waals surface area contributed by atoms with E-state index in [1.54, 1.807) is 11.0 Å². The summed E-state index contributed by atoms with van der Waals surface area (Å²) in [5.74, 6) is -0.814. The second-order valence-corrected chi connectivity index (χ2v) is 5.58. The first-order chi connectivity index (χ1) is 9.09. The van der Waals surface area contributed by atoms with Crippen molar-refractivity contribution < 1.29 is 14.7 Å². The van der Waals surface area contributed by atoms with Crippen molar-refractivity contribution in [2.24, 2.45) is 5.41 Å². The third-order valence-corrected chi connectivity index (χ3v) is 4.21. The van der Waals surface area contributed by atoms with Crippen molar-refractivity contribution in [2.45, 2.75) is 32.1 Å². The van der Waals surface area contributed by atoms with Gasteiger partial charge in [0.15, 0.2) is 0 Å². The van der Waals surface area contributed by atoms with Gasteiger partial charge in [-0.1, -0.05) is 6.08 Å². The fourth-order valence-electron chi connectivity index (χ4n) is 3.11. The zero-order chi connectivity index (χ0) is 13.9. The number of urea groups is 1. The molecule has 2 heterocycles. The van der Waals surface area contributed by atoms with E-state index in [2.05, 4.69) is 6.58 Å². The number of carbonyl (C=O) groups excluding carboxylic acids is 1. The molecule has 0 unspecified atom stereocenters. The number of allylic oxidation sites excluding steroid dienone is 1. The van der Waals surface area contributed by atoms with Crippen LogP contribution < -0.4 is 0 Å². The van der Waals surface area contributed by atoms with Crippen molar-refractivity contribution in [3.05, 3.63) is 12.7 Å². The molecule has 0 spiro atoms. The molecule has 0 bridgehead atoms. The second kappa shape index (κ2) is 5.63. The molecule has 2 saturated heterocycles. The molecule has 5 nitrogen and oxygen atoms in total. The van der Waals surface area contributed by atoms with Crippen molar-refractivity contribution >= 4 is 12.0 Å². The predicted octanol–water partition coefficient (Wildman–Crippen LogP) is 1.95. The molecule has 1 atom stereocenters. The maximum atomic E-state index is 12.3. The Morgan fingerprint density at radius 1 is 1.16 bits per heavy atom. The van der Waals surface area contributed by atoms with Gasteiger partial charge in [-0.05, 0) is 32.1 Å². The lowest BCUT2D eigenvalue weighted by Crippen LogP contribution is -2.53. The fourth-order valence-corrected chi connectivity index (χ4v) is 3.11. The predicted molar refractivity (Wildman–Crippen MR) is 71.9 cm³/mol. The van der Waals surface area contributed by atoms with E-state index in [4.69, 9.17) is 0 Å². The lowest BCUT2D eigenvalue weighted by molar-refractivity contribution is -0.151. The van der Waals surface area contributed by atoms with Crippen LogP contribution >= 0.6 is 0 Å². The van der Waals surface area contributed by atoms with Crippen LogP contribution in [0.1, 0.15) is 32.1 Å². The average Bonchev–Trinajstić information content (AvgIpc) is 2.92. The van der Waals surface area contributed by atoms with E-state index < -0.39 is 11.4 Å². The van der Waals surface area contributed by atoms with E-state index in [9.17, 15) is 14.7 Å². The maximum absolute atomic E-state index is 12.3. The molecule has 5 heteroatoms.